The summed E-state index contributed by atoms with van der Waals surface area (Å²) < 4.78 is 4.98. The standard InChI is InChI=1S/C40H40N2/c1-6-7-8-9-13-30-16-18-31(19-17-30)41-36-20-14-26(2)22-32(36)34-25-39-35(24-38(34)41)33-23-27(3)15-21-37(33)42(39)40-28(4)11-10-12-29(40)5/h10-12,14-25H,6-9,13H2,1-5H3. The summed E-state index contributed by atoms with van der Waals surface area (Å²) >= 11 is 0. The fourth-order valence-corrected chi connectivity index (χ4v) is 7.00. The summed E-state index contributed by atoms with van der Waals surface area (Å²) in [5, 5.41) is 5.23. The highest BCUT2D eigenvalue weighted by Gasteiger charge is 2.20. The van der Waals surface area contributed by atoms with Gasteiger partial charge in [-0.3, -0.25) is 0 Å². The van der Waals surface area contributed by atoms with E-state index >= 15 is 0 Å². The molecule has 0 saturated carbocycles. The summed E-state index contributed by atoms with van der Waals surface area (Å²) in [5.41, 5.74) is 14.2. The average molecular weight is 549 g/mol. The first kappa shape index (κ1) is 26.6. The maximum atomic E-state index is 2.50. The molecule has 0 fully saturated rings. The Morgan fingerprint density at radius 3 is 1.64 bits per heavy atom. The number of aromatic nitrogens is 2. The van der Waals surface area contributed by atoms with Crippen molar-refractivity contribution in [1.82, 2.24) is 9.13 Å². The molecule has 0 atom stereocenters. The van der Waals surface area contributed by atoms with Gasteiger partial charge in [-0.05, 0) is 106 Å². The number of fused-ring (bicyclic) bond motifs is 6. The van der Waals surface area contributed by atoms with Crippen LogP contribution < -0.4 is 0 Å². The monoisotopic (exact) mass is 548 g/mol. The van der Waals surface area contributed by atoms with Crippen molar-refractivity contribution in [3.8, 4) is 11.4 Å². The molecule has 210 valence electrons. The molecule has 2 aromatic heterocycles. The highest BCUT2D eigenvalue weighted by Crippen LogP contribution is 2.41. The molecule has 0 bridgehead atoms. The number of unbranched alkanes of at least 4 members (excludes halogenated alkanes) is 3. The van der Waals surface area contributed by atoms with Crippen molar-refractivity contribution in [2.75, 3.05) is 0 Å². The van der Waals surface area contributed by atoms with E-state index in [9.17, 15) is 0 Å². The zero-order valence-electron chi connectivity index (χ0n) is 25.6. The van der Waals surface area contributed by atoms with E-state index in [1.54, 1.807) is 0 Å². The lowest BCUT2D eigenvalue weighted by molar-refractivity contribution is 0.667. The highest BCUT2D eigenvalue weighted by atomic mass is 15.0. The van der Waals surface area contributed by atoms with Crippen LogP contribution in [0.5, 0.6) is 0 Å². The summed E-state index contributed by atoms with van der Waals surface area (Å²) in [4.78, 5) is 0. The fraction of sp³-hybridized carbons (Fsp3) is 0.250. The minimum absolute atomic E-state index is 1.16. The smallest absolute Gasteiger partial charge is 0.0549 e. The molecular weight excluding hydrogens is 508 g/mol. The molecule has 2 heteroatoms. The SMILES string of the molecule is CCCCCCc1ccc(-n2c3ccc(C)cc3c3cc4c(cc32)c2cc(C)ccc2n4-c2c(C)cccc2C)cc1. The van der Waals surface area contributed by atoms with Gasteiger partial charge in [-0.15, -0.1) is 0 Å². The first-order valence-corrected chi connectivity index (χ1v) is 15.6. The van der Waals surface area contributed by atoms with Crippen LogP contribution in [0.3, 0.4) is 0 Å². The van der Waals surface area contributed by atoms with E-state index in [0.717, 1.165) is 6.42 Å². The highest BCUT2D eigenvalue weighted by molar-refractivity contribution is 6.19. The maximum absolute atomic E-state index is 2.50. The largest absolute Gasteiger partial charge is 0.309 e. The van der Waals surface area contributed by atoms with Crippen LogP contribution >= 0.6 is 0 Å². The van der Waals surface area contributed by atoms with Gasteiger partial charge in [0.25, 0.3) is 0 Å². The summed E-state index contributed by atoms with van der Waals surface area (Å²) in [5.74, 6) is 0. The second-order valence-corrected chi connectivity index (χ2v) is 12.3. The zero-order valence-corrected chi connectivity index (χ0v) is 25.6. The van der Waals surface area contributed by atoms with E-state index in [4.69, 9.17) is 0 Å². The van der Waals surface area contributed by atoms with Gasteiger partial charge in [-0.1, -0.05) is 79.8 Å². The van der Waals surface area contributed by atoms with Crippen LogP contribution in [0, 0.1) is 27.7 Å². The number of aryl methyl sites for hydroxylation is 5. The lowest BCUT2D eigenvalue weighted by Gasteiger charge is -2.14. The second-order valence-electron chi connectivity index (χ2n) is 12.3. The van der Waals surface area contributed by atoms with Crippen molar-refractivity contribution >= 4 is 43.6 Å². The van der Waals surface area contributed by atoms with Gasteiger partial charge < -0.3 is 9.13 Å². The number of rotatable bonds is 7. The molecule has 0 aliphatic heterocycles. The Bertz CT molecular complexity index is 2080. The summed E-state index contributed by atoms with van der Waals surface area (Å²) in [6.07, 6.45) is 6.35. The van der Waals surface area contributed by atoms with Gasteiger partial charge >= 0.3 is 0 Å². The molecule has 0 aliphatic rings. The number of benzene rings is 5. The summed E-state index contributed by atoms with van der Waals surface area (Å²) in [6.45, 7) is 11.1. The molecular formula is C40H40N2. The van der Waals surface area contributed by atoms with Gasteiger partial charge in [0.2, 0.25) is 0 Å². The van der Waals surface area contributed by atoms with Crippen LogP contribution in [0.4, 0.5) is 0 Å². The fourth-order valence-electron chi connectivity index (χ4n) is 7.00. The van der Waals surface area contributed by atoms with E-state index in [-0.39, 0.29) is 0 Å². The van der Waals surface area contributed by atoms with Gasteiger partial charge in [-0.2, -0.15) is 0 Å². The Labute approximate surface area is 249 Å². The second kappa shape index (κ2) is 10.5. The van der Waals surface area contributed by atoms with Gasteiger partial charge in [0, 0.05) is 27.2 Å². The van der Waals surface area contributed by atoms with E-state index < -0.39 is 0 Å². The van der Waals surface area contributed by atoms with Crippen LogP contribution in [-0.4, -0.2) is 9.13 Å². The van der Waals surface area contributed by atoms with Crippen LogP contribution in [0.15, 0.2) is 91.0 Å². The Balaban J connectivity index is 1.51. The third kappa shape index (κ3) is 4.32. The topological polar surface area (TPSA) is 9.86 Å². The molecule has 0 saturated heterocycles. The van der Waals surface area contributed by atoms with Crippen LogP contribution in [0.1, 0.15) is 60.4 Å². The minimum atomic E-state index is 1.16. The molecule has 0 aliphatic carbocycles. The van der Waals surface area contributed by atoms with E-state index in [1.807, 2.05) is 0 Å². The van der Waals surface area contributed by atoms with E-state index in [2.05, 4.69) is 135 Å². The number of hydrogen-bond donors (Lipinski definition) is 0. The predicted molar refractivity (Wildman–Crippen MR) is 182 cm³/mol. The average Bonchev–Trinajstić information content (AvgIpc) is 3.46. The molecule has 2 nitrogen and oxygen atoms in total. The molecule has 7 rings (SSSR count). The molecule has 0 N–H and O–H groups in total. The van der Waals surface area contributed by atoms with Crippen molar-refractivity contribution in [2.45, 2.75) is 66.7 Å². The van der Waals surface area contributed by atoms with Crippen LogP contribution in [0.25, 0.3) is 55.0 Å². The van der Waals surface area contributed by atoms with Crippen LogP contribution in [0.2, 0.25) is 0 Å². The lowest BCUT2D eigenvalue weighted by atomic mass is 10.1. The number of para-hydroxylation sites is 1. The molecule has 7 aromatic rings. The van der Waals surface area contributed by atoms with Gasteiger partial charge in [0.05, 0.1) is 27.8 Å². The van der Waals surface area contributed by atoms with E-state index in [1.165, 1.54) is 108 Å². The lowest BCUT2D eigenvalue weighted by Crippen LogP contribution is -2.00. The van der Waals surface area contributed by atoms with Gasteiger partial charge in [0.15, 0.2) is 0 Å². The first-order valence-electron chi connectivity index (χ1n) is 15.6. The Kier molecular flexibility index (Phi) is 6.66. The predicted octanol–water partition coefficient (Wildman–Crippen LogP) is 11.2. The summed E-state index contributed by atoms with van der Waals surface area (Å²) in [6, 6.07) is 34.7. The Morgan fingerprint density at radius 1 is 0.500 bits per heavy atom. The van der Waals surface area contributed by atoms with Crippen molar-refractivity contribution in [1.29, 1.82) is 0 Å². The number of hydrogen-bond acceptors (Lipinski definition) is 0. The molecule has 0 amide bonds. The normalized spacial score (nSPS) is 11.9. The third-order valence-corrected chi connectivity index (χ3v) is 9.14. The van der Waals surface area contributed by atoms with Crippen molar-refractivity contribution < 1.29 is 0 Å². The molecule has 0 radical (unpaired) electrons. The summed E-state index contributed by atoms with van der Waals surface area (Å²) in [7, 11) is 0. The maximum Gasteiger partial charge on any atom is 0.0549 e. The van der Waals surface area contributed by atoms with Gasteiger partial charge in [-0.25, -0.2) is 0 Å². The zero-order chi connectivity index (χ0) is 29.0. The van der Waals surface area contributed by atoms with Crippen molar-refractivity contribution in [3.63, 3.8) is 0 Å². The Morgan fingerprint density at radius 2 is 1.05 bits per heavy atom. The van der Waals surface area contributed by atoms with Gasteiger partial charge in [0.1, 0.15) is 0 Å². The quantitative estimate of drug-likeness (QED) is 0.175. The van der Waals surface area contributed by atoms with Crippen molar-refractivity contribution in [3.05, 3.63) is 119 Å². The van der Waals surface area contributed by atoms with E-state index in [0.29, 0.717) is 0 Å². The Hall–Kier alpha value is -4.30. The molecule has 0 unspecified atom stereocenters. The van der Waals surface area contributed by atoms with Crippen molar-refractivity contribution in [2.24, 2.45) is 0 Å². The van der Waals surface area contributed by atoms with Crippen LogP contribution in [-0.2, 0) is 6.42 Å². The molecule has 2 heterocycles. The first-order chi connectivity index (χ1) is 20.4. The third-order valence-electron chi connectivity index (χ3n) is 9.14. The molecule has 5 aromatic carbocycles. The molecule has 42 heavy (non-hydrogen) atoms. The molecule has 0 spiro atoms. The minimum Gasteiger partial charge on any atom is -0.309 e. The number of nitrogens with zero attached hydrogens (tertiary/aromatic N) is 2.